The average Bonchev–Trinajstić information content (AvgIpc) is 2.36. The molecular weight excluding hydrogens is 224 g/mol. The largest absolute Gasteiger partial charge is 0.350 e. The molecule has 18 heavy (non-hydrogen) atoms. The molecule has 1 aromatic carbocycles. The van der Waals surface area contributed by atoms with Gasteiger partial charge in [0.15, 0.2) is 0 Å². The summed E-state index contributed by atoms with van der Waals surface area (Å²) in [5.74, 6) is 0.348. The molecule has 0 aliphatic carbocycles. The first-order valence-corrected chi connectivity index (χ1v) is 6.54. The van der Waals surface area contributed by atoms with Crippen molar-refractivity contribution in [1.82, 2.24) is 5.32 Å². The molecule has 0 bridgehead atoms. The van der Waals surface area contributed by atoms with Crippen LogP contribution in [0.25, 0.3) is 0 Å². The molecule has 100 valence electrons. The highest BCUT2D eigenvalue weighted by Crippen LogP contribution is 2.23. The van der Waals surface area contributed by atoms with Gasteiger partial charge in [0.1, 0.15) is 0 Å². The summed E-state index contributed by atoms with van der Waals surface area (Å²) in [4.78, 5) is 12.0. The lowest BCUT2D eigenvalue weighted by molar-refractivity contribution is -0.123. The summed E-state index contributed by atoms with van der Waals surface area (Å²) in [6.07, 6.45) is 1.48. The van der Waals surface area contributed by atoms with Crippen LogP contribution >= 0.6 is 0 Å². The lowest BCUT2D eigenvalue weighted by Gasteiger charge is -2.25. The summed E-state index contributed by atoms with van der Waals surface area (Å²) in [5, 5.41) is 2.98. The first-order chi connectivity index (χ1) is 8.48. The third kappa shape index (κ3) is 4.49. The second-order valence-electron chi connectivity index (χ2n) is 5.36. The molecule has 3 heteroatoms. The van der Waals surface area contributed by atoms with Crippen LogP contribution in [0.4, 0.5) is 0 Å². The molecule has 0 aromatic heterocycles. The van der Waals surface area contributed by atoms with Crippen LogP contribution in [-0.2, 0) is 4.79 Å². The van der Waals surface area contributed by atoms with E-state index >= 15 is 0 Å². The predicted molar refractivity (Wildman–Crippen MR) is 75.4 cm³/mol. The second-order valence-corrected chi connectivity index (χ2v) is 5.36. The molecule has 0 saturated heterocycles. The van der Waals surface area contributed by atoms with Crippen LogP contribution in [0.15, 0.2) is 30.3 Å². The molecule has 0 spiro atoms. The number of amides is 1. The molecule has 0 radical (unpaired) electrons. The average molecular weight is 248 g/mol. The maximum Gasteiger partial charge on any atom is 0.221 e. The van der Waals surface area contributed by atoms with Gasteiger partial charge in [-0.15, -0.1) is 0 Å². The van der Waals surface area contributed by atoms with Gasteiger partial charge in [-0.1, -0.05) is 37.3 Å². The van der Waals surface area contributed by atoms with Gasteiger partial charge in [0.05, 0.1) is 0 Å². The number of nitrogens with one attached hydrogen (secondary N) is 1. The number of carbonyl (C=O) groups is 1. The summed E-state index contributed by atoms with van der Waals surface area (Å²) in [5.41, 5.74) is 6.51. The van der Waals surface area contributed by atoms with Gasteiger partial charge in [-0.25, -0.2) is 0 Å². The lowest BCUT2D eigenvalue weighted by Crippen LogP contribution is -2.49. The molecule has 3 nitrogen and oxygen atoms in total. The Kier molecular flexibility index (Phi) is 5.35. The molecule has 1 amide bonds. The van der Waals surface area contributed by atoms with E-state index in [9.17, 15) is 4.79 Å². The van der Waals surface area contributed by atoms with Gasteiger partial charge in [0, 0.05) is 18.5 Å². The number of hydrogen-bond donors (Lipinski definition) is 2. The Bertz CT molecular complexity index is 373. The van der Waals surface area contributed by atoms with E-state index in [4.69, 9.17) is 5.73 Å². The van der Waals surface area contributed by atoms with Crippen LogP contribution in [-0.4, -0.2) is 18.0 Å². The first-order valence-electron chi connectivity index (χ1n) is 6.54. The van der Waals surface area contributed by atoms with Crippen molar-refractivity contribution in [3.63, 3.8) is 0 Å². The highest BCUT2D eigenvalue weighted by molar-refractivity contribution is 5.77. The minimum absolute atomic E-state index is 0.0705. The Morgan fingerprint density at radius 3 is 2.44 bits per heavy atom. The maximum atomic E-state index is 12.0. The summed E-state index contributed by atoms with van der Waals surface area (Å²) in [7, 11) is 0. The van der Waals surface area contributed by atoms with Crippen LogP contribution in [0.3, 0.4) is 0 Å². The maximum absolute atomic E-state index is 12.0. The molecule has 0 aliphatic heterocycles. The standard InChI is InChI=1S/C15H24N2O/c1-4-12(13-8-6-5-7-9-13)10-14(18)17-15(2,3)11-16/h5-9,12H,4,10-11,16H2,1-3H3,(H,17,18). The van der Waals surface area contributed by atoms with Crippen LogP contribution in [0.5, 0.6) is 0 Å². The summed E-state index contributed by atoms with van der Waals surface area (Å²) in [6.45, 7) is 6.43. The van der Waals surface area contributed by atoms with Crippen LogP contribution in [0.1, 0.15) is 45.1 Å². The fraction of sp³-hybridized carbons (Fsp3) is 0.533. The first kappa shape index (κ1) is 14.7. The minimum Gasteiger partial charge on any atom is -0.350 e. The van der Waals surface area contributed by atoms with E-state index in [1.165, 1.54) is 5.56 Å². The fourth-order valence-corrected chi connectivity index (χ4v) is 1.93. The van der Waals surface area contributed by atoms with Gasteiger partial charge in [-0.2, -0.15) is 0 Å². The van der Waals surface area contributed by atoms with Gasteiger partial charge < -0.3 is 11.1 Å². The molecule has 0 heterocycles. The smallest absolute Gasteiger partial charge is 0.221 e. The van der Waals surface area contributed by atoms with E-state index < -0.39 is 0 Å². The molecule has 3 N–H and O–H groups in total. The normalized spacial score (nSPS) is 13.1. The predicted octanol–water partition coefficient (Wildman–Crippen LogP) is 2.42. The monoisotopic (exact) mass is 248 g/mol. The number of rotatable bonds is 6. The quantitative estimate of drug-likeness (QED) is 0.812. The zero-order valence-corrected chi connectivity index (χ0v) is 11.6. The zero-order chi connectivity index (χ0) is 13.6. The Morgan fingerprint density at radius 2 is 1.94 bits per heavy atom. The minimum atomic E-state index is -0.327. The van der Waals surface area contributed by atoms with Crippen molar-refractivity contribution < 1.29 is 4.79 Å². The Labute approximate surface area is 110 Å². The molecule has 0 saturated carbocycles. The third-order valence-corrected chi connectivity index (χ3v) is 3.18. The number of benzene rings is 1. The van der Waals surface area contributed by atoms with E-state index in [2.05, 4.69) is 24.4 Å². The van der Waals surface area contributed by atoms with Crippen molar-refractivity contribution >= 4 is 5.91 Å². The van der Waals surface area contributed by atoms with Gasteiger partial charge in [-0.3, -0.25) is 4.79 Å². The zero-order valence-electron chi connectivity index (χ0n) is 11.6. The van der Waals surface area contributed by atoms with Crippen molar-refractivity contribution in [1.29, 1.82) is 0 Å². The van der Waals surface area contributed by atoms with E-state index in [1.54, 1.807) is 0 Å². The fourth-order valence-electron chi connectivity index (χ4n) is 1.93. The van der Waals surface area contributed by atoms with E-state index in [-0.39, 0.29) is 17.4 Å². The molecule has 1 unspecified atom stereocenters. The van der Waals surface area contributed by atoms with Crippen molar-refractivity contribution in [2.75, 3.05) is 6.54 Å². The van der Waals surface area contributed by atoms with Crippen molar-refractivity contribution in [2.24, 2.45) is 5.73 Å². The topological polar surface area (TPSA) is 55.1 Å². The SMILES string of the molecule is CCC(CC(=O)NC(C)(C)CN)c1ccccc1. The van der Waals surface area contributed by atoms with E-state index in [1.807, 2.05) is 32.0 Å². The van der Waals surface area contributed by atoms with E-state index in [0.717, 1.165) is 6.42 Å². The highest BCUT2D eigenvalue weighted by atomic mass is 16.1. The number of nitrogens with two attached hydrogens (primary N) is 1. The van der Waals surface area contributed by atoms with Crippen LogP contribution in [0, 0.1) is 0 Å². The summed E-state index contributed by atoms with van der Waals surface area (Å²) in [6, 6.07) is 10.2. The second kappa shape index (κ2) is 6.55. The van der Waals surface area contributed by atoms with Gasteiger partial charge in [0.2, 0.25) is 5.91 Å². The van der Waals surface area contributed by atoms with Crippen molar-refractivity contribution in [2.45, 2.75) is 45.1 Å². The lowest BCUT2D eigenvalue weighted by atomic mass is 9.92. The van der Waals surface area contributed by atoms with Gasteiger partial charge >= 0.3 is 0 Å². The van der Waals surface area contributed by atoms with E-state index in [0.29, 0.717) is 13.0 Å². The van der Waals surface area contributed by atoms with Gasteiger partial charge in [-0.05, 0) is 31.7 Å². The highest BCUT2D eigenvalue weighted by Gasteiger charge is 2.21. The molecule has 1 rings (SSSR count). The molecular formula is C15H24N2O. The van der Waals surface area contributed by atoms with Gasteiger partial charge in [0.25, 0.3) is 0 Å². The Balaban J connectivity index is 2.62. The Morgan fingerprint density at radius 1 is 1.33 bits per heavy atom. The molecule has 1 aromatic rings. The number of carbonyl (C=O) groups excluding carboxylic acids is 1. The Hall–Kier alpha value is -1.35. The van der Waals surface area contributed by atoms with Crippen molar-refractivity contribution in [3.8, 4) is 0 Å². The summed E-state index contributed by atoms with van der Waals surface area (Å²) < 4.78 is 0. The number of hydrogen-bond acceptors (Lipinski definition) is 2. The summed E-state index contributed by atoms with van der Waals surface area (Å²) >= 11 is 0. The van der Waals surface area contributed by atoms with Crippen molar-refractivity contribution in [3.05, 3.63) is 35.9 Å². The third-order valence-electron chi connectivity index (χ3n) is 3.18. The molecule has 0 aliphatic rings. The molecule has 1 atom stereocenters. The van der Waals surface area contributed by atoms with Crippen LogP contribution in [0.2, 0.25) is 0 Å². The molecule has 0 fully saturated rings. The van der Waals surface area contributed by atoms with Crippen LogP contribution < -0.4 is 11.1 Å².